The molecule has 0 aromatic rings. The van der Waals surface area contributed by atoms with Gasteiger partial charge in [0.05, 0.1) is 52.1 Å². The van der Waals surface area contributed by atoms with Crippen molar-refractivity contribution in [2.24, 2.45) is 0 Å². The Hall–Kier alpha value is -2.48. The first-order valence-electron chi connectivity index (χ1n) is 24.4. The van der Waals surface area contributed by atoms with Crippen molar-refractivity contribution in [2.45, 2.75) is 218 Å². The predicted octanol–water partition coefficient (Wildman–Crippen LogP) is 11.5. The zero-order chi connectivity index (χ0) is 45.7. The van der Waals surface area contributed by atoms with Crippen molar-refractivity contribution in [3.8, 4) is 0 Å². The molecule has 2 atom stereocenters. The summed E-state index contributed by atoms with van der Waals surface area (Å²) in [6.45, 7) is 9.57. The van der Waals surface area contributed by atoms with Gasteiger partial charge in [0.2, 0.25) is 0 Å². The Kier molecular flexibility index (Phi) is 43.3. The summed E-state index contributed by atoms with van der Waals surface area (Å²) in [6, 6.07) is 0. The Morgan fingerprint density at radius 3 is 0.887 bits per heavy atom. The zero-order valence-electron chi connectivity index (χ0n) is 39.3. The maximum Gasteiger partial charge on any atom is 0.319 e. The monoisotopic (exact) mass is 919 g/mol. The summed E-state index contributed by atoms with van der Waals surface area (Å²) in [5, 5.41) is -1.59. The Bertz CT molecular complexity index is 1050. The summed E-state index contributed by atoms with van der Waals surface area (Å²) in [7, 11) is 0. The average molecular weight is 919 g/mol. The van der Waals surface area contributed by atoms with Crippen LogP contribution < -0.4 is 0 Å². The van der Waals surface area contributed by atoms with E-state index in [2.05, 4.69) is 27.7 Å². The number of esters is 6. The highest BCUT2D eigenvalue weighted by Crippen LogP contribution is 2.21. The van der Waals surface area contributed by atoms with Gasteiger partial charge in [-0.3, -0.25) is 28.8 Å². The summed E-state index contributed by atoms with van der Waals surface area (Å²) < 4.78 is 32.3. The second-order valence-corrected chi connectivity index (χ2v) is 18.5. The third-order valence-electron chi connectivity index (χ3n) is 10.1. The fourth-order valence-corrected chi connectivity index (χ4v) is 8.35. The summed E-state index contributed by atoms with van der Waals surface area (Å²) in [4.78, 5) is 76.0. The average Bonchev–Trinajstić information content (AvgIpc) is 3.25. The maximum absolute atomic E-state index is 12.9. The van der Waals surface area contributed by atoms with E-state index in [-0.39, 0.29) is 63.6 Å². The smallest absolute Gasteiger partial charge is 0.319 e. The highest BCUT2D eigenvalue weighted by molar-refractivity contribution is 8.00. The fraction of sp³-hybridized carbons (Fsp3) is 0.875. The van der Waals surface area contributed by atoms with E-state index in [1.54, 1.807) is 0 Å². The van der Waals surface area contributed by atoms with Gasteiger partial charge in [-0.25, -0.2) is 0 Å². The Labute approximate surface area is 384 Å². The van der Waals surface area contributed by atoms with E-state index >= 15 is 0 Å². The van der Waals surface area contributed by atoms with Crippen LogP contribution in [-0.4, -0.2) is 97.5 Å². The van der Waals surface area contributed by atoms with E-state index in [9.17, 15) is 28.8 Å². The van der Waals surface area contributed by atoms with Gasteiger partial charge in [-0.1, -0.05) is 156 Å². The molecule has 0 aliphatic carbocycles. The van der Waals surface area contributed by atoms with E-state index in [0.717, 1.165) is 103 Å². The molecule has 14 heteroatoms. The van der Waals surface area contributed by atoms with Crippen LogP contribution in [0.1, 0.15) is 207 Å². The molecule has 0 rings (SSSR count). The summed E-state index contributed by atoms with van der Waals surface area (Å²) in [5.41, 5.74) is 0. The van der Waals surface area contributed by atoms with Crippen molar-refractivity contribution in [3.05, 3.63) is 0 Å². The third kappa shape index (κ3) is 39.1. The Morgan fingerprint density at radius 1 is 0.323 bits per heavy atom. The zero-order valence-corrected chi connectivity index (χ0v) is 41.0. The second kappa shape index (κ2) is 45.1. The van der Waals surface area contributed by atoms with E-state index in [0.29, 0.717) is 13.2 Å². The van der Waals surface area contributed by atoms with Gasteiger partial charge in [0, 0.05) is 11.5 Å². The van der Waals surface area contributed by atoms with E-state index in [1.807, 2.05) is 0 Å². The van der Waals surface area contributed by atoms with Crippen molar-refractivity contribution in [3.63, 3.8) is 0 Å². The molecule has 2 unspecified atom stereocenters. The lowest BCUT2D eigenvalue weighted by Gasteiger charge is -2.16. The molecular weight excluding hydrogens is 833 g/mol. The SMILES string of the molecule is CCCCCCCCOC(=O)CC(SCCC(=O)OCCOC(=O)CCSC(CC(=O)OCCCCCCCC)C(=O)OCCCCCCCC)C(=O)OCCCCCCCC. The minimum absolute atomic E-state index is 0.0129. The summed E-state index contributed by atoms with van der Waals surface area (Å²) in [6.07, 6.45) is 25.2. The van der Waals surface area contributed by atoms with Crippen LogP contribution in [0.15, 0.2) is 0 Å². The van der Waals surface area contributed by atoms with Crippen LogP contribution in [0.25, 0.3) is 0 Å². The number of rotatable bonds is 45. The normalized spacial score (nSPS) is 12.0. The van der Waals surface area contributed by atoms with Gasteiger partial charge in [0.15, 0.2) is 0 Å². The third-order valence-corrected chi connectivity index (χ3v) is 12.5. The van der Waals surface area contributed by atoms with Gasteiger partial charge in [0.1, 0.15) is 23.7 Å². The van der Waals surface area contributed by atoms with Crippen LogP contribution in [0, 0.1) is 0 Å². The van der Waals surface area contributed by atoms with Gasteiger partial charge < -0.3 is 28.4 Å². The second-order valence-electron chi connectivity index (χ2n) is 15.9. The van der Waals surface area contributed by atoms with Crippen LogP contribution in [0.5, 0.6) is 0 Å². The number of thioether (sulfide) groups is 2. The van der Waals surface area contributed by atoms with Crippen LogP contribution in [0.2, 0.25) is 0 Å². The quantitative estimate of drug-likeness (QED) is 0.0323. The van der Waals surface area contributed by atoms with E-state index < -0.39 is 46.3 Å². The minimum Gasteiger partial charge on any atom is -0.466 e. The minimum atomic E-state index is -0.795. The molecule has 0 aliphatic heterocycles. The van der Waals surface area contributed by atoms with Gasteiger partial charge in [0.25, 0.3) is 0 Å². The highest BCUT2D eigenvalue weighted by Gasteiger charge is 2.27. The largest absolute Gasteiger partial charge is 0.466 e. The number of carbonyl (C=O) groups excluding carboxylic acids is 6. The molecule has 0 heterocycles. The molecule has 0 fully saturated rings. The first-order chi connectivity index (χ1) is 30.2. The first kappa shape index (κ1) is 59.5. The first-order valence-corrected chi connectivity index (χ1v) is 26.5. The van der Waals surface area contributed by atoms with Crippen molar-refractivity contribution in [2.75, 3.05) is 51.1 Å². The maximum atomic E-state index is 12.9. The van der Waals surface area contributed by atoms with Crippen LogP contribution >= 0.6 is 23.5 Å². The standard InChI is InChI=1S/C48H86O12S2/c1-5-9-13-17-21-25-31-55-45(51)39-41(47(53)59-33-27-23-19-15-11-7-3)61-37-29-43(49)57-35-36-58-44(50)30-38-62-42(48(54)60-34-28-24-20-16-12-8-4)40-46(52)56-32-26-22-18-14-10-6-2/h41-42H,5-40H2,1-4H3. The number of ether oxygens (including phenoxy) is 6. The molecule has 0 aliphatic rings. The van der Waals surface area contributed by atoms with Crippen molar-refractivity contribution in [1.29, 1.82) is 0 Å². The molecule has 0 N–H and O–H groups in total. The molecule has 0 aromatic heterocycles. The van der Waals surface area contributed by atoms with Crippen molar-refractivity contribution < 1.29 is 57.2 Å². The molecule has 362 valence electrons. The Balaban J connectivity index is 4.75. The van der Waals surface area contributed by atoms with Crippen LogP contribution in [0.4, 0.5) is 0 Å². The lowest BCUT2D eigenvalue weighted by atomic mass is 10.1. The van der Waals surface area contributed by atoms with Crippen molar-refractivity contribution >= 4 is 59.3 Å². The number of unbranched alkanes of at least 4 members (excludes halogenated alkanes) is 20. The predicted molar refractivity (Wildman–Crippen MR) is 250 cm³/mol. The van der Waals surface area contributed by atoms with Gasteiger partial charge >= 0.3 is 35.8 Å². The number of hydrogen-bond donors (Lipinski definition) is 0. The lowest BCUT2D eigenvalue weighted by Crippen LogP contribution is -2.26. The van der Waals surface area contributed by atoms with Crippen LogP contribution in [0.3, 0.4) is 0 Å². The molecule has 0 spiro atoms. The summed E-state index contributed by atoms with van der Waals surface area (Å²) >= 11 is 2.33. The Morgan fingerprint density at radius 2 is 0.581 bits per heavy atom. The molecule has 0 aromatic carbocycles. The summed E-state index contributed by atoms with van der Waals surface area (Å²) in [5.74, 6) is -2.50. The molecular formula is C48H86O12S2. The lowest BCUT2D eigenvalue weighted by molar-refractivity contribution is -0.151. The topological polar surface area (TPSA) is 158 Å². The van der Waals surface area contributed by atoms with E-state index in [1.165, 1.54) is 74.9 Å². The number of hydrogen-bond acceptors (Lipinski definition) is 14. The fourth-order valence-electron chi connectivity index (χ4n) is 6.30. The molecule has 12 nitrogen and oxygen atoms in total. The number of carbonyl (C=O) groups is 6. The van der Waals surface area contributed by atoms with Crippen LogP contribution in [-0.2, 0) is 57.2 Å². The highest BCUT2D eigenvalue weighted by atomic mass is 32.2. The van der Waals surface area contributed by atoms with Gasteiger partial charge in [-0.05, 0) is 25.7 Å². The van der Waals surface area contributed by atoms with Crippen molar-refractivity contribution in [1.82, 2.24) is 0 Å². The molecule has 0 bridgehead atoms. The van der Waals surface area contributed by atoms with Gasteiger partial charge in [-0.15, -0.1) is 23.5 Å². The van der Waals surface area contributed by atoms with E-state index in [4.69, 9.17) is 28.4 Å². The molecule has 0 amide bonds. The molecule has 0 saturated heterocycles. The van der Waals surface area contributed by atoms with Gasteiger partial charge in [-0.2, -0.15) is 0 Å². The molecule has 0 radical (unpaired) electrons. The molecule has 0 saturated carbocycles. The molecule has 62 heavy (non-hydrogen) atoms.